The van der Waals surface area contributed by atoms with Crippen LogP contribution in [-0.4, -0.2) is 18.0 Å². The molecule has 1 heterocycles. The Kier molecular flexibility index (Phi) is 1.69. The molecule has 0 aromatic rings. The van der Waals surface area contributed by atoms with Crippen LogP contribution in [0.4, 0.5) is 8.78 Å². The molecule has 3 heteroatoms. The van der Waals surface area contributed by atoms with Crippen molar-refractivity contribution >= 4 is 0 Å². The molecule has 0 aromatic carbocycles. The van der Waals surface area contributed by atoms with Gasteiger partial charge in [-0.25, -0.2) is 8.78 Å². The molecule has 1 unspecified atom stereocenters. The Bertz CT molecular complexity index is 189. The number of nitrogens with one attached hydrogen (secondary N) is 1. The van der Waals surface area contributed by atoms with Crippen molar-refractivity contribution in [3.63, 3.8) is 0 Å². The topological polar surface area (TPSA) is 12.0 Å². The van der Waals surface area contributed by atoms with Crippen molar-refractivity contribution in [2.45, 2.75) is 44.1 Å². The maximum atomic E-state index is 13.4. The van der Waals surface area contributed by atoms with Gasteiger partial charge in [0.05, 0.1) is 5.54 Å². The van der Waals surface area contributed by atoms with Crippen LogP contribution in [-0.2, 0) is 0 Å². The monoisotopic (exact) mass is 175 g/mol. The number of hydrogen-bond donors (Lipinski definition) is 1. The lowest BCUT2D eigenvalue weighted by atomic mass is 9.69. The highest BCUT2D eigenvalue weighted by Gasteiger charge is 2.58. The SMILES string of the molecule is CC1(C2CCC2)NCCC1(F)F. The first-order chi connectivity index (χ1) is 5.56. The van der Waals surface area contributed by atoms with Gasteiger partial charge in [0.1, 0.15) is 0 Å². The molecule has 0 spiro atoms. The molecule has 2 fully saturated rings. The summed E-state index contributed by atoms with van der Waals surface area (Å²) in [5.41, 5.74) is -0.898. The van der Waals surface area contributed by atoms with Crippen molar-refractivity contribution in [2.24, 2.45) is 5.92 Å². The summed E-state index contributed by atoms with van der Waals surface area (Å²) in [6.45, 7) is 2.16. The molecule has 0 amide bonds. The van der Waals surface area contributed by atoms with E-state index >= 15 is 0 Å². The second kappa shape index (κ2) is 2.41. The third-order valence-electron chi connectivity index (χ3n) is 3.61. The summed E-state index contributed by atoms with van der Waals surface area (Å²) >= 11 is 0. The molecular formula is C9H15F2N. The zero-order chi connectivity index (χ0) is 8.82. The molecule has 1 nitrogen and oxygen atoms in total. The Morgan fingerprint density at radius 2 is 2.00 bits per heavy atom. The molecule has 1 saturated carbocycles. The standard InChI is InChI=1S/C9H15F2N/c1-8(7-3-2-4-7)9(10,11)5-6-12-8/h7,12H,2-6H2,1H3. The third-order valence-corrected chi connectivity index (χ3v) is 3.61. The summed E-state index contributed by atoms with van der Waals surface area (Å²) in [4.78, 5) is 0. The van der Waals surface area contributed by atoms with Crippen molar-refractivity contribution in [3.8, 4) is 0 Å². The number of alkyl halides is 2. The van der Waals surface area contributed by atoms with Crippen molar-refractivity contribution in [2.75, 3.05) is 6.54 Å². The van der Waals surface area contributed by atoms with Crippen LogP contribution < -0.4 is 5.32 Å². The van der Waals surface area contributed by atoms with E-state index < -0.39 is 11.5 Å². The number of rotatable bonds is 1. The molecule has 1 aliphatic carbocycles. The first-order valence-corrected chi connectivity index (χ1v) is 4.69. The lowest BCUT2D eigenvalue weighted by Gasteiger charge is -2.43. The Morgan fingerprint density at radius 1 is 1.33 bits per heavy atom. The van der Waals surface area contributed by atoms with Crippen LogP contribution in [0.1, 0.15) is 32.6 Å². The average molecular weight is 175 g/mol. The van der Waals surface area contributed by atoms with Crippen LogP contribution >= 0.6 is 0 Å². The van der Waals surface area contributed by atoms with Crippen molar-refractivity contribution in [1.82, 2.24) is 5.32 Å². The maximum Gasteiger partial charge on any atom is 0.267 e. The van der Waals surface area contributed by atoms with Crippen molar-refractivity contribution in [3.05, 3.63) is 0 Å². The second-order valence-electron chi connectivity index (χ2n) is 4.21. The molecule has 2 aliphatic rings. The summed E-state index contributed by atoms with van der Waals surface area (Å²) in [5, 5.41) is 2.98. The minimum Gasteiger partial charge on any atom is -0.306 e. The van der Waals surface area contributed by atoms with E-state index in [1.165, 1.54) is 0 Å². The van der Waals surface area contributed by atoms with E-state index in [2.05, 4.69) is 5.32 Å². The lowest BCUT2D eigenvalue weighted by molar-refractivity contribution is -0.0910. The van der Waals surface area contributed by atoms with Gasteiger partial charge in [-0.1, -0.05) is 6.42 Å². The highest BCUT2D eigenvalue weighted by Crippen LogP contribution is 2.48. The van der Waals surface area contributed by atoms with Gasteiger partial charge in [0, 0.05) is 13.0 Å². The molecule has 0 bridgehead atoms. The summed E-state index contributed by atoms with van der Waals surface area (Å²) < 4.78 is 26.8. The Hall–Kier alpha value is -0.180. The van der Waals surface area contributed by atoms with E-state index in [0.717, 1.165) is 19.3 Å². The third kappa shape index (κ3) is 0.920. The van der Waals surface area contributed by atoms with Crippen LogP contribution in [0.5, 0.6) is 0 Å². The zero-order valence-corrected chi connectivity index (χ0v) is 7.37. The average Bonchev–Trinajstić information content (AvgIpc) is 2.03. The summed E-state index contributed by atoms with van der Waals surface area (Å²) in [7, 11) is 0. The predicted octanol–water partition coefficient (Wildman–Crippen LogP) is 2.17. The van der Waals surface area contributed by atoms with Gasteiger partial charge in [0.15, 0.2) is 0 Å². The lowest BCUT2D eigenvalue weighted by Crippen LogP contribution is -2.56. The van der Waals surface area contributed by atoms with E-state index in [0.29, 0.717) is 6.54 Å². The summed E-state index contributed by atoms with van der Waals surface area (Å²) in [6, 6.07) is 0. The van der Waals surface area contributed by atoms with Gasteiger partial charge in [-0.3, -0.25) is 0 Å². The van der Waals surface area contributed by atoms with Crippen molar-refractivity contribution < 1.29 is 8.78 Å². The first kappa shape index (κ1) is 8.42. The van der Waals surface area contributed by atoms with Gasteiger partial charge < -0.3 is 5.32 Å². The van der Waals surface area contributed by atoms with Gasteiger partial charge in [0.2, 0.25) is 0 Å². The van der Waals surface area contributed by atoms with Gasteiger partial charge >= 0.3 is 0 Å². The summed E-state index contributed by atoms with van der Waals surface area (Å²) in [5.74, 6) is -2.28. The van der Waals surface area contributed by atoms with Gasteiger partial charge in [-0.05, 0) is 25.7 Å². The van der Waals surface area contributed by atoms with E-state index in [4.69, 9.17) is 0 Å². The molecule has 0 aromatic heterocycles. The molecule has 1 aliphatic heterocycles. The van der Waals surface area contributed by atoms with Crippen LogP contribution in [0.2, 0.25) is 0 Å². The minimum absolute atomic E-state index is 0.0139. The van der Waals surface area contributed by atoms with Gasteiger partial charge in [-0.2, -0.15) is 0 Å². The fourth-order valence-corrected chi connectivity index (χ4v) is 2.30. The van der Waals surface area contributed by atoms with E-state index in [1.807, 2.05) is 0 Å². The highest BCUT2D eigenvalue weighted by molar-refractivity contribution is 5.08. The molecule has 0 radical (unpaired) electrons. The number of hydrogen-bond acceptors (Lipinski definition) is 1. The minimum atomic E-state index is -2.49. The quantitative estimate of drug-likeness (QED) is 0.644. The Labute approximate surface area is 71.5 Å². The second-order valence-corrected chi connectivity index (χ2v) is 4.21. The van der Waals surface area contributed by atoms with Crippen molar-refractivity contribution in [1.29, 1.82) is 0 Å². The Morgan fingerprint density at radius 3 is 2.33 bits per heavy atom. The van der Waals surface area contributed by atoms with Crippen LogP contribution in [0.25, 0.3) is 0 Å². The highest BCUT2D eigenvalue weighted by atomic mass is 19.3. The van der Waals surface area contributed by atoms with Gasteiger partial charge in [-0.15, -0.1) is 0 Å². The van der Waals surface area contributed by atoms with Crippen LogP contribution in [0.15, 0.2) is 0 Å². The molecule has 1 atom stereocenters. The van der Waals surface area contributed by atoms with Gasteiger partial charge in [0.25, 0.3) is 5.92 Å². The predicted molar refractivity (Wildman–Crippen MR) is 43.3 cm³/mol. The smallest absolute Gasteiger partial charge is 0.267 e. The molecule has 1 saturated heterocycles. The largest absolute Gasteiger partial charge is 0.306 e. The molecule has 12 heavy (non-hydrogen) atoms. The number of halogens is 2. The molecule has 70 valence electrons. The normalized spacial score (nSPS) is 41.2. The first-order valence-electron chi connectivity index (χ1n) is 4.69. The maximum absolute atomic E-state index is 13.4. The van der Waals surface area contributed by atoms with Crippen LogP contribution in [0.3, 0.4) is 0 Å². The van der Waals surface area contributed by atoms with E-state index in [9.17, 15) is 8.78 Å². The summed E-state index contributed by atoms with van der Waals surface area (Å²) in [6.07, 6.45) is 3.08. The van der Waals surface area contributed by atoms with E-state index in [-0.39, 0.29) is 12.3 Å². The zero-order valence-electron chi connectivity index (χ0n) is 7.37. The fraction of sp³-hybridized carbons (Fsp3) is 1.00. The van der Waals surface area contributed by atoms with Crippen LogP contribution in [0, 0.1) is 5.92 Å². The Balaban J connectivity index is 2.17. The molecule has 1 N–H and O–H groups in total. The van der Waals surface area contributed by atoms with E-state index in [1.54, 1.807) is 6.92 Å². The molecule has 2 rings (SSSR count). The molecular weight excluding hydrogens is 160 g/mol. The fourth-order valence-electron chi connectivity index (χ4n) is 2.30.